The summed E-state index contributed by atoms with van der Waals surface area (Å²) in [5, 5.41) is 0. The van der Waals surface area contributed by atoms with Crippen molar-refractivity contribution in [3.8, 4) is 0 Å². The molecule has 0 bridgehead atoms. The van der Waals surface area contributed by atoms with Crippen LogP contribution in [0.4, 0.5) is 0 Å². The Labute approximate surface area is 86.4 Å². The second-order valence-corrected chi connectivity index (χ2v) is 3.33. The number of rotatable bonds is 6. The zero-order chi connectivity index (χ0) is 10.7. The van der Waals surface area contributed by atoms with Crippen molar-refractivity contribution in [1.82, 2.24) is 0 Å². The van der Waals surface area contributed by atoms with Crippen LogP contribution >= 0.6 is 0 Å². The lowest BCUT2D eigenvalue weighted by atomic mass is 10.4. The fourth-order valence-electron chi connectivity index (χ4n) is 0.959. The van der Waals surface area contributed by atoms with E-state index in [-0.39, 0.29) is 37.4 Å². The summed E-state index contributed by atoms with van der Waals surface area (Å²) < 4.78 is 19.1. The minimum absolute atomic E-state index is 0.248. The number of carbonyl (C=O) groups is 2. The Hall–Kier alpha value is -1.14. The zero-order valence-corrected chi connectivity index (χ0v) is 8.14. The quantitative estimate of drug-likeness (QED) is 0.330. The van der Waals surface area contributed by atoms with Crippen LogP contribution < -0.4 is 0 Å². The smallest absolute Gasteiger partial charge is 0.337 e. The average molecular weight is 216 g/mol. The highest BCUT2D eigenvalue weighted by Crippen LogP contribution is 2.11. The molecule has 2 atom stereocenters. The van der Waals surface area contributed by atoms with Crippen LogP contribution in [0.1, 0.15) is 6.42 Å². The van der Waals surface area contributed by atoms with Gasteiger partial charge in [0.25, 0.3) is 0 Å². The molecule has 2 fully saturated rings. The van der Waals surface area contributed by atoms with E-state index in [0.717, 1.165) is 0 Å². The minimum Gasteiger partial charge on any atom is -0.464 e. The van der Waals surface area contributed by atoms with Gasteiger partial charge in [-0.1, -0.05) is 0 Å². The Kier molecular flexibility index (Phi) is 3.17. The van der Waals surface area contributed by atoms with Gasteiger partial charge in [0.1, 0.15) is 0 Å². The minimum atomic E-state index is -0.368. The molecule has 0 aliphatic carbocycles. The van der Waals surface area contributed by atoms with E-state index in [1.54, 1.807) is 0 Å². The van der Waals surface area contributed by atoms with Crippen molar-refractivity contribution in [3.63, 3.8) is 0 Å². The molecule has 2 unspecified atom stereocenters. The summed E-state index contributed by atoms with van der Waals surface area (Å²) in [6.45, 7) is 1.40. The SMILES string of the molecule is O=C(OCCCOC(=O)C1CO1)C1CO1. The van der Waals surface area contributed by atoms with E-state index in [9.17, 15) is 9.59 Å². The largest absolute Gasteiger partial charge is 0.464 e. The lowest BCUT2D eigenvalue weighted by Crippen LogP contribution is -2.16. The molecule has 2 rings (SSSR count). The van der Waals surface area contributed by atoms with Crippen molar-refractivity contribution in [1.29, 1.82) is 0 Å². The first kappa shape index (κ1) is 10.4. The van der Waals surface area contributed by atoms with E-state index in [2.05, 4.69) is 0 Å². The van der Waals surface area contributed by atoms with E-state index in [1.165, 1.54) is 0 Å². The van der Waals surface area contributed by atoms with Crippen LogP contribution in [0.25, 0.3) is 0 Å². The molecule has 0 saturated carbocycles. The Morgan fingerprint density at radius 1 is 1.00 bits per heavy atom. The number of hydrogen-bond acceptors (Lipinski definition) is 6. The monoisotopic (exact) mass is 216 g/mol. The van der Waals surface area contributed by atoms with Crippen molar-refractivity contribution in [3.05, 3.63) is 0 Å². The predicted octanol–water partition coefficient (Wildman–Crippen LogP) is -0.740. The van der Waals surface area contributed by atoms with E-state index >= 15 is 0 Å². The first-order chi connectivity index (χ1) is 7.27. The molecule has 0 amide bonds. The molecule has 0 aromatic heterocycles. The van der Waals surface area contributed by atoms with E-state index < -0.39 is 0 Å². The molecule has 6 heteroatoms. The first-order valence-electron chi connectivity index (χ1n) is 4.84. The van der Waals surface area contributed by atoms with Gasteiger partial charge in [0.15, 0.2) is 12.2 Å². The second-order valence-electron chi connectivity index (χ2n) is 3.33. The Morgan fingerprint density at radius 3 is 1.73 bits per heavy atom. The molecule has 0 N–H and O–H groups in total. The molecule has 0 aromatic rings. The van der Waals surface area contributed by atoms with Crippen molar-refractivity contribution in [2.24, 2.45) is 0 Å². The van der Waals surface area contributed by atoms with Crippen molar-refractivity contribution in [2.45, 2.75) is 18.6 Å². The van der Waals surface area contributed by atoms with Gasteiger partial charge < -0.3 is 18.9 Å². The van der Waals surface area contributed by atoms with Gasteiger partial charge in [-0.15, -0.1) is 0 Å². The molecule has 84 valence electrons. The fourth-order valence-corrected chi connectivity index (χ4v) is 0.959. The number of esters is 2. The molecule has 15 heavy (non-hydrogen) atoms. The van der Waals surface area contributed by atoms with Crippen LogP contribution in [-0.4, -0.2) is 50.6 Å². The molecule has 2 aliphatic heterocycles. The highest BCUT2D eigenvalue weighted by molar-refractivity contribution is 5.77. The average Bonchev–Trinajstić information content (AvgIpc) is 3.06. The van der Waals surface area contributed by atoms with Crippen LogP contribution in [0.3, 0.4) is 0 Å². The molecular weight excluding hydrogens is 204 g/mol. The molecular formula is C9H12O6. The summed E-state index contributed by atoms with van der Waals surface area (Å²) in [6.07, 6.45) is -0.239. The molecule has 2 heterocycles. The van der Waals surface area contributed by atoms with E-state index in [4.69, 9.17) is 18.9 Å². The van der Waals surface area contributed by atoms with Gasteiger partial charge in [-0.25, -0.2) is 9.59 Å². The Balaban J connectivity index is 1.44. The van der Waals surface area contributed by atoms with E-state index in [1.807, 2.05) is 0 Å². The number of hydrogen-bond donors (Lipinski definition) is 0. The van der Waals surface area contributed by atoms with Crippen molar-refractivity contribution >= 4 is 11.9 Å². The topological polar surface area (TPSA) is 77.7 Å². The summed E-state index contributed by atoms with van der Waals surface area (Å²) in [4.78, 5) is 21.9. The highest BCUT2D eigenvalue weighted by atomic mass is 16.6. The molecule has 0 radical (unpaired) electrons. The van der Waals surface area contributed by atoms with Crippen LogP contribution in [0, 0.1) is 0 Å². The Morgan fingerprint density at radius 2 is 1.40 bits per heavy atom. The Bertz CT molecular complexity index is 229. The third kappa shape index (κ3) is 3.49. The molecule has 6 nitrogen and oxygen atoms in total. The van der Waals surface area contributed by atoms with Crippen molar-refractivity contribution < 1.29 is 28.5 Å². The molecule has 2 saturated heterocycles. The maximum Gasteiger partial charge on any atom is 0.337 e. The highest BCUT2D eigenvalue weighted by Gasteiger charge is 2.33. The summed E-state index contributed by atoms with van der Waals surface area (Å²) in [6, 6.07) is 0. The maximum atomic E-state index is 10.9. The van der Waals surface area contributed by atoms with Gasteiger partial charge in [-0.2, -0.15) is 0 Å². The predicted molar refractivity (Wildman–Crippen MR) is 46.0 cm³/mol. The third-order valence-corrected chi connectivity index (χ3v) is 1.97. The van der Waals surface area contributed by atoms with Crippen LogP contribution in [0.2, 0.25) is 0 Å². The zero-order valence-electron chi connectivity index (χ0n) is 8.14. The van der Waals surface area contributed by atoms with E-state index in [0.29, 0.717) is 19.6 Å². The standard InChI is InChI=1S/C9H12O6/c10-8(6-4-14-6)12-2-1-3-13-9(11)7-5-15-7/h6-7H,1-5H2. The second kappa shape index (κ2) is 4.59. The fraction of sp³-hybridized carbons (Fsp3) is 0.778. The summed E-state index contributed by atoms with van der Waals surface area (Å²) in [5.74, 6) is -0.682. The summed E-state index contributed by atoms with van der Waals surface area (Å²) in [5.41, 5.74) is 0. The van der Waals surface area contributed by atoms with Crippen LogP contribution in [0.15, 0.2) is 0 Å². The van der Waals surface area contributed by atoms with Gasteiger partial charge in [0.05, 0.1) is 26.4 Å². The maximum absolute atomic E-state index is 10.9. The van der Waals surface area contributed by atoms with Crippen LogP contribution in [-0.2, 0) is 28.5 Å². The molecule has 0 spiro atoms. The summed E-state index contributed by atoms with van der Waals surface area (Å²) in [7, 11) is 0. The lowest BCUT2D eigenvalue weighted by Gasteiger charge is -2.03. The van der Waals surface area contributed by atoms with Crippen molar-refractivity contribution in [2.75, 3.05) is 26.4 Å². The third-order valence-electron chi connectivity index (χ3n) is 1.97. The number of epoxide rings is 2. The van der Waals surface area contributed by atoms with Gasteiger partial charge in [-0.05, 0) is 0 Å². The van der Waals surface area contributed by atoms with Gasteiger partial charge in [0.2, 0.25) is 0 Å². The number of ether oxygens (including phenoxy) is 4. The first-order valence-corrected chi connectivity index (χ1v) is 4.84. The van der Waals surface area contributed by atoms with Gasteiger partial charge in [0, 0.05) is 6.42 Å². The molecule has 2 aliphatic rings. The lowest BCUT2D eigenvalue weighted by molar-refractivity contribution is -0.147. The summed E-state index contributed by atoms with van der Waals surface area (Å²) >= 11 is 0. The van der Waals surface area contributed by atoms with Gasteiger partial charge >= 0.3 is 11.9 Å². The number of carbonyl (C=O) groups excluding carboxylic acids is 2. The normalized spacial score (nSPS) is 26.9. The van der Waals surface area contributed by atoms with Crippen LogP contribution in [0.5, 0.6) is 0 Å². The van der Waals surface area contributed by atoms with Gasteiger partial charge in [-0.3, -0.25) is 0 Å². The molecule has 0 aromatic carbocycles.